The summed E-state index contributed by atoms with van der Waals surface area (Å²) in [6.07, 6.45) is 1.80. The van der Waals surface area contributed by atoms with E-state index in [1.165, 1.54) is 0 Å². The topological polar surface area (TPSA) is 94.2 Å². The van der Waals surface area contributed by atoms with E-state index in [0.717, 1.165) is 47.3 Å². The number of carbonyl (C=O) groups is 2. The molecule has 2 amide bonds. The zero-order chi connectivity index (χ0) is 23.4. The molecular formula is C25H24N6O2S. The number of aromatic amines is 1. The Morgan fingerprint density at radius 2 is 1.71 bits per heavy atom. The number of fused-ring (bicyclic) bond motifs is 2. The van der Waals surface area contributed by atoms with Crippen LogP contribution in [0, 0.1) is 0 Å². The molecule has 34 heavy (non-hydrogen) atoms. The monoisotopic (exact) mass is 472 g/mol. The van der Waals surface area contributed by atoms with E-state index in [1.807, 2.05) is 35.7 Å². The van der Waals surface area contributed by atoms with E-state index >= 15 is 0 Å². The molecule has 0 bridgehead atoms. The fourth-order valence-corrected chi connectivity index (χ4v) is 5.60. The number of hydrogen-bond donors (Lipinski definition) is 2. The van der Waals surface area contributed by atoms with Crippen LogP contribution in [-0.4, -0.2) is 63.9 Å². The van der Waals surface area contributed by atoms with Crippen LogP contribution >= 0.6 is 11.3 Å². The van der Waals surface area contributed by atoms with Crippen molar-refractivity contribution in [2.75, 3.05) is 31.1 Å². The lowest BCUT2D eigenvalue weighted by atomic mass is 9.97. The molecule has 0 unspecified atom stereocenters. The number of aromatic nitrogens is 3. The van der Waals surface area contributed by atoms with Crippen molar-refractivity contribution in [1.82, 2.24) is 25.2 Å². The number of anilines is 1. The van der Waals surface area contributed by atoms with E-state index < -0.39 is 11.8 Å². The molecule has 0 aliphatic carbocycles. The summed E-state index contributed by atoms with van der Waals surface area (Å²) in [7, 11) is 0. The van der Waals surface area contributed by atoms with Crippen LogP contribution in [0.1, 0.15) is 25.1 Å². The van der Waals surface area contributed by atoms with Crippen molar-refractivity contribution in [2.24, 2.45) is 0 Å². The molecule has 3 aromatic heterocycles. The number of nitrogens with zero attached hydrogens (tertiary/aromatic N) is 4. The van der Waals surface area contributed by atoms with Gasteiger partial charge in [0.15, 0.2) is 0 Å². The summed E-state index contributed by atoms with van der Waals surface area (Å²) < 4.78 is 0. The Morgan fingerprint density at radius 3 is 2.50 bits per heavy atom. The van der Waals surface area contributed by atoms with Crippen LogP contribution in [0.25, 0.3) is 32.3 Å². The van der Waals surface area contributed by atoms with Gasteiger partial charge in [0.2, 0.25) is 5.95 Å². The van der Waals surface area contributed by atoms with E-state index in [-0.39, 0.29) is 0 Å². The molecule has 6 rings (SSSR count). The third-order valence-corrected chi connectivity index (χ3v) is 7.50. The number of imide groups is 1. The van der Waals surface area contributed by atoms with Crippen molar-refractivity contribution in [3.8, 4) is 0 Å². The molecule has 2 aliphatic rings. The van der Waals surface area contributed by atoms with Gasteiger partial charge in [0.05, 0.1) is 22.4 Å². The highest BCUT2D eigenvalue weighted by molar-refractivity contribution is 7.16. The van der Waals surface area contributed by atoms with E-state index in [2.05, 4.69) is 33.9 Å². The highest BCUT2D eigenvalue weighted by atomic mass is 32.1. The van der Waals surface area contributed by atoms with Gasteiger partial charge >= 0.3 is 0 Å². The molecular weight excluding hydrogens is 448 g/mol. The maximum Gasteiger partial charge on any atom is 0.261 e. The Kier molecular flexibility index (Phi) is 4.96. The number of benzene rings is 1. The first-order valence-electron chi connectivity index (χ1n) is 11.4. The van der Waals surface area contributed by atoms with Crippen molar-refractivity contribution in [3.63, 3.8) is 0 Å². The number of para-hydroxylation sites is 1. The fourth-order valence-electron chi connectivity index (χ4n) is 4.83. The second-order valence-electron chi connectivity index (χ2n) is 8.91. The van der Waals surface area contributed by atoms with Crippen LogP contribution < -0.4 is 10.2 Å². The summed E-state index contributed by atoms with van der Waals surface area (Å²) in [5, 5.41) is 6.14. The average Bonchev–Trinajstić information content (AvgIpc) is 3.53. The Bertz CT molecular complexity index is 1480. The number of hydrogen-bond acceptors (Lipinski definition) is 7. The van der Waals surface area contributed by atoms with Gasteiger partial charge < -0.3 is 9.88 Å². The summed E-state index contributed by atoms with van der Waals surface area (Å²) in [4.78, 5) is 44.6. The Morgan fingerprint density at radius 1 is 0.941 bits per heavy atom. The number of carbonyl (C=O) groups excluding carboxylic acids is 2. The largest absolute Gasteiger partial charge is 0.352 e. The average molecular weight is 473 g/mol. The number of piperazine rings is 1. The van der Waals surface area contributed by atoms with Crippen LogP contribution in [0.5, 0.6) is 0 Å². The molecule has 1 fully saturated rings. The van der Waals surface area contributed by atoms with Crippen LogP contribution in [0.4, 0.5) is 5.95 Å². The molecule has 2 aliphatic heterocycles. The number of amides is 2. The minimum atomic E-state index is -0.427. The molecule has 0 saturated carbocycles. The van der Waals surface area contributed by atoms with E-state index in [1.54, 1.807) is 17.5 Å². The third-order valence-electron chi connectivity index (χ3n) is 6.66. The second-order valence-corrected chi connectivity index (χ2v) is 9.82. The van der Waals surface area contributed by atoms with E-state index in [0.29, 0.717) is 34.4 Å². The zero-order valence-corrected chi connectivity index (χ0v) is 19.8. The molecule has 4 aromatic rings. The van der Waals surface area contributed by atoms with Gasteiger partial charge in [-0.2, -0.15) is 0 Å². The Hall–Kier alpha value is -3.56. The maximum atomic E-state index is 13.1. The van der Waals surface area contributed by atoms with Crippen LogP contribution in [0.15, 0.2) is 41.9 Å². The number of H-pyrrole nitrogens is 1. The summed E-state index contributed by atoms with van der Waals surface area (Å²) in [5.74, 6) is -0.239. The Balaban J connectivity index is 1.53. The van der Waals surface area contributed by atoms with Crippen LogP contribution in [-0.2, 0) is 9.59 Å². The van der Waals surface area contributed by atoms with Crippen molar-refractivity contribution in [1.29, 1.82) is 0 Å². The van der Waals surface area contributed by atoms with Gasteiger partial charge in [-0.3, -0.25) is 19.8 Å². The SMILES string of the molecule is CC(C)N1CCN(c2nc(C3=C(c4c[nH]c5sccc45)C(=O)NC3=O)c3ccccc3n2)CC1. The number of thiophene rings is 1. The minimum absolute atomic E-state index is 0.303. The van der Waals surface area contributed by atoms with Gasteiger partial charge in [-0.1, -0.05) is 18.2 Å². The van der Waals surface area contributed by atoms with Gasteiger partial charge in [0.1, 0.15) is 4.83 Å². The lowest BCUT2D eigenvalue weighted by Crippen LogP contribution is -2.49. The standard InChI is InChI=1S/C25H24N6O2S/c1-14(2)30-8-10-31(11-9-30)25-27-18-6-4-3-5-16(18)21(28-25)20-19(22(32)29-23(20)33)17-13-26-24-15(17)7-12-34-24/h3-7,12-14,26H,8-11H2,1-2H3,(H,29,32,33). The van der Waals surface area contributed by atoms with E-state index in [4.69, 9.17) is 9.97 Å². The van der Waals surface area contributed by atoms with Crippen molar-refractivity contribution in [2.45, 2.75) is 19.9 Å². The van der Waals surface area contributed by atoms with Gasteiger partial charge in [-0.25, -0.2) is 9.97 Å². The van der Waals surface area contributed by atoms with Crippen molar-refractivity contribution < 1.29 is 9.59 Å². The summed E-state index contributed by atoms with van der Waals surface area (Å²) in [6, 6.07) is 10.1. The first-order chi connectivity index (χ1) is 16.5. The van der Waals surface area contributed by atoms with E-state index in [9.17, 15) is 9.59 Å². The normalized spacial score (nSPS) is 17.6. The van der Waals surface area contributed by atoms with Gasteiger partial charge in [0, 0.05) is 54.8 Å². The zero-order valence-electron chi connectivity index (χ0n) is 19.0. The lowest BCUT2D eigenvalue weighted by Gasteiger charge is -2.37. The first kappa shape index (κ1) is 21.0. The molecule has 1 saturated heterocycles. The number of nitrogens with one attached hydrogen (secondary N) is 2. The first-order valence-corrected chi connectivity index (χ1v) is 12.3. The molecule has 5 heterocycles. The van der Waals surface area contributed by atoms with Crippen molar-refractivity contribution in [3.05, 3.63) is 53.2 Å². The van der Waals surface area contributed by atoms with Gasteiger partial charge in [-0.15, -0.1) is 11.3 Å². The predicted molar refractivity (Wildman–Crippen MR) is 135 cm³/mol. The maximum absolute atomic E-state index is 13.1. The molecule has 1 aromatic carbocycles. The second kappa shape index (κ2) is 8.03. The molecule has 0 atom stereocenters. The molecule has 8 nitrogen and oxygen atoms in total. The molecule has 9 heteroatoms. The number of rotatable bonds is 4. The molecule has 2 N–H and O–H groups in total. The van der Waals surface area contributed by atoms with Crippen LogP contribution in [0.3, 0.4) is 0 Å². The highest BCUT2D eigenvalue weighted by Crippen LogP contribution is 2.38. The molecule has 0 spiro atoms. The minimum Gasteiger partial charge on any atom is -0.352 e. The van der Waals surface area contributed by atoms with Gasteiger partial charge in [0.25, 0.3) is 11.8 Å². The molecule has 172 valence electrons. The summed E-state index contributed by atoms with van der Waals surface area (Å²) >= 11 is 1.56. The van der Waals surface area contributed by atoms with Crippen LogP contribution in [0.2, 0.25) is 0 Å². The fraction of sp³-hybridized carbons (Fsp3) is 0.280. The summed E-state index contributed by atoms with van der Waals surface area (Å²) in [5.41, 5.74) is 2.62. The van der Waals surface area contributed by atoms with Gasteiger partial charge in [-0.05, 0) is 31.4 Å². The predicted octanol–water partition coefficient (Wildman–Crippen LogP) is 3.27. The highest BCUT2D eigenvalue weighted by Gasteiger charge is 2.36. The smallest absolute Gasteiger partial charge is 0.261 e. The quantitative estimate of drug-likeness (QED) is 0.443. The third kappa shape index (κ3) is 3.31. The Labute approximate surface area is 200 Å². The lowest BCUT2D eigenvalue weighted by molar-refractivity contribution is -0.122. The van der Waals surface area contributed by atoms with Crippen molar-refractivity contribution >= 4 is 61.4 Å². The molecule has 0 radical (unpaired) electrons. The summed E-state index contributed by atoms with van der Waals surface area (Å²) in [6.45, 7) is 7.87.